The lowest BCUT2D eigenvalue weighted by molar-refractivity contribution is -0.141. The lowest BCUT2D eigenvalue weighted by Gasteiger charge is -2.10. The topological polar surface area (TPSA) is 78.0 Å². The number of nitrogens with zero attached hydrogens (tertiary/aromatic N) is 2. The normalized spacial score (nSPS) is 12.4. The van der Waals surface area contributed by atoms with Crippen LogP contribution in [0.1, 0.15) is 11.3 Å². The smallest absolute Gasteiger partial charge is 0.232 e. The van der Waals surface area contributed by atoms with Gasteiger partial charge in [-0.3, -0.25) is 0 Å². The van der Waals surface area contributed by atoms with Crippen LogP contribution in [0.25, 0.3) is 16.9 Å². The van der Waals surface area contributed by atoms with Gasteiger partial charge in [0.1, 0.15) is 10.7 Å². The lowest BCUT2D eigenvalue weighted by Crippen LogP contribution is -2.14. The molecule has 0 amide bonds. The van der Waals surface area contributed by atoms with Crippen LogP contribution in [0.4, 0.5) is 17.6 Å². The first-order valence-electron chi connectivity index (χ1n) is 7.64. The molecule has 148 valence electrons. The maximum absolute atomic E-state index is 14.2. The molecule has 0 bridgehead atoms. The molecular formula is C17H12BrF4N3O2S. The Morgan fingerprint density at radius 1 is 1.11 bits per heavy atom. The highest BCUT2D eigenvalue weighted by atomic mass is 79.9. The van der Waals surface area contributed by atoms with E-state index in [9.17, 15) is 26.0 Å². The molecule has 0 atom stereocenters. The molecule has 3 rings (SSSR count). The number of benzene rings is 2. The van der Waals surface area contributed by atoms with Crippen LogP contribution < -0.4 is 5.14 Å². The number of aryl methyl sites for hydroxylation is 1. The number of aromatic nitrogens is 2. The number of rotatable bonds is 3. The van der Waals surface area contributed by atoms with Gasteiger partial charge in [0.25, 0.3) is 0 Å². The van der Waals surface area contributed by atoms with Gasteiger partial charge < -0.3 is 0 Å². The Morgan fingerprint density at radius 2 is 1.79 bits per heavy atom. The number of alkyl halides is 3. The van der Waals surface area contributed by atoms with Gasteiger partial charge in [-0.25, -0.2) is 22.6 Å². The molecule has 11 heteroatoms. The third-order valence-corrected chi connectivity index (χ3v) is 5.73. The average molecular weight is 478 g/mol. The van der Waals surface area contributed by atoms with Crippen molar-refractivity contribution in [1.29, 1.82) is 0 Å². The molecule has 0 saturated heterocycles. The monoisotopic (exact) mass is 477 g/mol. The van der Waals surface area contributed by atoms with Crippen molar-refractivity contribution in [3.63, 3.8) is 0 Å². The largest absolute Gasteiger partial charge is 0.435 e. The fraction of sp³-hybridized carbons (Fsp3) is 0.118. The third-order valence-electron chi connectivity index (χ3n) is 3.93. The minimum atomic E-state index is -4.72. The second-order valence-electron chi connectivity index (χ2n) is 5.95. The zero-order chi connectivity index (χ0) is 20.9. The number of sulfonamides is 1. The number of primary sulfonamides is 1. The van der Waals surface area contributed by atoms with Gasteiger partial charge in [-0.1, -0.05) is 28.1 Å². The Balaban J connectivity index is 2.24. The quantitative estimate of drug-likeness (QED) is 0.567. The van der Waals surface area contributed by atoms with E-state index in [2.05, 4.69) is 21.0 Å². The summed E-state index contributed by atoms with van der Waals surface area (Å²) in [7, 11) is -4.31. The molecule has 3 aromatic rings. The summed E-state index contributed by atoms with van der Waals surface area (Å²) < 4.78 is 78.2. The van der Waals surface area contributed by atoms with E-state index in [-0.39, 0.29) is 11.3 Å². The van der Waals surface area contributed by atoms with Crippen molar-refractivity contribution in [3.8, 4) is 16.9 Å². The molecule has 28 heavy (non-hydrogen) atoms. The number of hydrogen-bond acceptors (Lipinski definition) is 3. The molecule has 0 spiro atoms. The molecule has 0 aliphatic heterocycles. The van der Waals surface area contributed by atoms with E-state index in [4.69, 9.17) is 5.14 Å². The van der Waals surface area contributed by atoms with Crippen LogP contribution in [0, 0.1) is 12.7 Å². The summed E-state index contributed by atoms with van der Waals surface area (Å²) in [6, 6.07) is 8.45. The van der Waals surface area contributed by atoms with Crippen molar-refractivity contribution in [2.45, 2.75) is 18.0 Å². The standard InChI is InChI=1S/C17H12BrF4N3O2S/c1-9-2-4-11(7-12(9)18)25-14(8-16(24-25)17(20,21)22)10-3-5-15(13(19)6-10)28(23,26)27/h2-8H,1H3,(H2,23,26,27). The first-order chi connectivity index (χ1) is 12.9. The van der Waals surface area contributed by atoms with E-state index in [0.717, 1.165) is 28.4 Å². The predicted molar refractivity (Wildman–Crippen MR) is 97.8 cm³/mol. The van der Waals surface area contributed by atoms with Gasteiger partial charge in [0, 0.05) is 10.0 Å². The van der Waals surface area contributed by atoms with Gasteiger partial charge in [-0.15, -0.1) is 0 Å². The van der Waals surface area contributed by atoms with E-state index in [1.807, 2.05) is 0 Å². The highest BCUT2D eigenvalue weighted by Gasteiger charge is 2.35. The second-order valence-corrected chi connectivity index (χ2v) is 8.33. The summed E-state index contributed by atoms with van der Waals surface area (Å²) in [5, 5.41) is 8.53. The minimum absolute atomic E-state index is 0.00426. The number of hydrogen-bond donors (Lipinski definition) is 1. The van der Waals surface area contributed by atoms with E-state index in [1.54, 1.807) is 25.1 Å². The molecule has 1 aromatic heterocycles. The summed E-state index contributed by atoms with van der Waals surface area (Å²) in [5.41, 5.74) is -0.0707. The predicted octanol–water partition coefficient (Wildman–Crippen LogP) is 4.42. The van der Waals surface area contributed by atoms with Crippen LogP contribution in [-0.2, 0) is 16.2 Å². The van der Waals surface area contributed by atoms with Crippen LogP contribution in [0.5, 0.6) is 0 Å². The van der Waals surface area contributed by atoms with Crippen LogP contribution in [0.15, 0.2) is 51.8 Å². The Hall–Kier alpha value is -2.24. The van der Waals surface area contributed by atoms with Gasteiger partial charge >= 0.3 is 6.18 Å². The highest BCUT2D eigenvalue weighted by Crippen LogP contribution is 2.34. The first kappa shape index (κ1) is 20.5. The van der Waals surface area contributed by atoms with E-state index in [0.29, 0.717) is 10.2 Å². The van der Waals surface area contributed by atoms with Crippen molar-refractivity contribution in [1.82, 2.24) is 9.78 Å². The van der Waals surface area contributed by atoms with Crippen LogP contribution in [0.2, 0.25) is 0 Å². The number of nitrogens with two attached hydrogens (primary N) is 1. The van der Waals surface area contributed by atoms with Crippen molar-refractivity contribution >= 4 is 26.0 Å². The first-order valence-corrected chi connectivity index (χ1v) is 9.98. The van der Waals surface area contributed by atoms with Gasteiger partial charge in [0.2, 0.25) is 10.0 Å². The molecule has 0 fully saturated rings. The summed E-state index contributed by atoms with van der Waals surface area (Å²) in [6.45, 7) is 1.81. The Bertz CT molecular complexity index is 1170. The average Bonchev–Trinajstić information content (AvgIpc) is 3.01. The van der Waals surface area contributed by atoms with Crippen LogP contribution in [0.3, 0.4) is 0 Å². The van der Waals surface area contributed by atoms with E-state index >= 15 is 0 Å². The molecule has 2 N–H and O–H groups in total. The fourth-order valence-corrected chi connectivity index (χ4v) is 3.48. The molecule has 5 nitrogen and oxygen atoms in total. The van der Waals surface area contributed by atoms with Gasteiger partial charge in [-0.05, 0) is 42.8 Å². The lowest BCUT2D eigenvalue weighted by atomic mass is 10.1. The molecule has 0 aliphatic carbocycles. The molecule has 0 unspecified atom stereocenters. The van der Waals surface area contributed by atoms with Gasteiger partial charge in [-0.2, -0.15) is 18.3 Å². The van der Waals surface area contributed by atoms with Crippen molar-refractivity contribution in [2.24, 2.45) is 5.14 Å². The Kier molecular flexibility index (Phi) is 5.11. The Labute approximate surface area is 166 Å². The fourth-order valence-electron chi connectivity index (χ4n) is 2.53. The zero-order valence-corrected chi connectivity index (χ0v) is 16.5. The van der Waals surface area contributed by atoms with E-state index in [1.165, 1.54) is 6.07 Å². The molecular weight excluding hydrogens is 466 g/mol. The zero-order valence-electron chi connectivity index (χ0n) is 14.1. The SMILES string of the molecule is Cc1ccc(-n2nc(C(F)(F)F)cc2-c2ccc(S(N)(=O)=O)c(F)c2)cc1Br. The molecule has 0 radical (unpaired) electrons. The summed E-state index contributed by atoms with van der Waals surface area (Å²) in [4.78, 5) is -0.753. The minimum Gasteiger partial charge on any atom is -0.232 e. The molecule has 0 aliphatic rings. The third kappa shape index (κ3) is 3.96. The van der Waals surface area contributed by atoms with Gasteiger partial charge in [0.05, 0.1) is 11.4 Å². The number of halogens is 5. The Morgan fingerprint density at radius 3 is 2.32 bits per heavy atom. The van der Waals surface area contributed by atoms with Gasteiger partial charge in [0.15, 0.2) is 5.69 Å². The van der Waals surface area contributed by atoms with E-state index < -0.39 is 32.6 Å². The molecule has 2 aromatic carbocycles. The van der Waals surface area contributed by atoms with Crippen LogP contribution in [-0.4, -0.2) is 18.2 Å². The highest BCUT2D eigenvalue weighted by molar-refractivity contribution is 9.10. The summed E-state index contributed by atoms with van der Waals surface area (Å²) >= 11 is 3.31. The van der Waals surface area contributed by atoms with Crippen LogP contribution >= 0.6 is 15.9 Å². The molecule has 0 saturated carbocycles. The second kappa shape index (κ2) is 6.98. The molecule has 1 heterocycles. The maximum Gasteiger partial charge on any atom is 0.435 e. The maximum atomic E-state index is 14.2. The summed E-state index contributed by atoms with van der Waals surface area (Å²) in [5.74, 6) is -1.17. The van der Waals surface area contributed by atoms with Crippen molar-refractivity contribution in [3.05, 3.63) is 64.0 Å². The summed E-state index contributed by atoms with van der Waals surface area (Å²) in [6.07, 6.45) is -4.72. The van der Waals surface area contributed by atoms with Crippen molar-refractivity contribution < 1.29 is 26.0 Å². The van der Waals surface area contributed by atoms with Crippen molar-refractivity contribution in [2.75, 3.05) is 0 Å².